The van der Waals surface area contributed by atoms with Gasteiger partial charge in [0.05, 0.1) is 24.0 Å². The Balaban J connectivity index is 1.47. The number of halogens is 2. The van der Waals surface area contributed by atoms with Gasteiger partial charge in [-0.3, -0.25) is 10.3 Å². The standard InChI is InChI=1S/C22H31F2N3O4/c1-14(2)30-22(29)27-10-6-17(7-11-27)31-25-16-4-8-26(9-5-16)21-13-19(23)18(15(3)28)12-20(21)24/h4,12-15,17,25,28H,5-11H2,1-3H3. The molecule has 1 fully saturated rings. The minimum absolute atomic E-state index is 0.0124. The highest BCUT2D eigenvalue weighted by atomic mass is 19.1. The summed E-state index contributed by atoms with van der Waals surface area (Å²) in [4.78, 5) is 21.1. The predicted molar refractivity (Wildman–Crippen MR) is 112 cm³/mol. The third kappa shape index (κ3) is 6.07. The molecular weight excluding hydrogens is 408 g/mol. The monoisotopic (exact) mass is 439 g/mol. The van der Waals surface area contributed by atoms with Gasteiger partial charge in [-0.15, -0.1) is 0 Å². The maximum Gasteiger partial charge on any atom is 0.410 e. The molecule has 0 radical (unpaired) electrons. The molecule has 0 saturated carbocycles. The number of aliphatic hydroxyl groups excluding tert-OH is 1. The van der Waals surface area contributed by atoms with E-state index in [1.165, 1.54) is 6.92 Å². The Morgan fingerprint density at radius 1 is 1.16 bits per heavy atom. The average molecular weight is 440 g/mol. The summed E-state index contributed by atoms with van der Waals surface area (Å²) in [5, 5.41) is 9.53. The summed E-state index contributed by atoms with van der Waals surface area (Å²) in [5.74, 6) is -1.17. The van der Waals surface area contributed by atoms with Crippen molar-refractivity contribution in [1.29, 1.82) is 0 Å². The number of anilines is 1. The van der Waals surface area contributed by atoms with Gasteiger partial charge < -0.3 is 19.6 Å². The van der Waals surface area contributed by atoms with E-state index in [2.05, 4.69) is 5.48 Å². The lowest BCUT2D eigenvalue weighted by Crippen LogP contribution is -2.43. The highest BCUT2D eigenvalue weighted by Crippen LogP contribution is 2.28. The normalized spacial score (nSPS) is 18.7. The summed E-state index contributed by atoms with van der Waals surface area (Å²) in [6.45, 7) is 7.14. The Hall–Kier alpha value is -2.39. The number of piperidine rings is 1. The first-order valence-electron chi connectivity index (χ1n) is 10.7. The zero-order valence-corrected chi connectivity index (χ0v) is 18.2. The van der Waals surface area contributed by atoms with E-state index in [1.807, 2.05) is 19.9 Å². The van der Waals surface area contributed by atoms with Crippen LogP contribution in [0.15, 0.2) is 23.9 Å². The van der Waals surface area contributed by atoms with Crippen LogP contribution in [-0.4, -0.2) is 54.5 Å². The summed E-state index contributed by atoms with van der Waals surface area (Å²) in [6, 6.07) is 2.19. The molecule has 0 aliphatic carbocycles. The lowest BCUT2D eigenvalue weighted by atomic mass is 10.1. The van der Waals surface area contributed by atoms with Crippen LogP contribution in [0, 0.1) is 11.6 Å². The first-order chi connectivity index (χ1) is 14.7. The van der Waals surface area contributed by atoms with Crippen molar-refractivity contribution >= 4 is 11.8 Å². The lowest BCUT2D eigenvalue weighted by molar-refractivity contribution is -0.0415. The molecule has 3 rings (SSSR count). The van der Waals surface area contributed by atoms with Gasteiger partial charge in [0.15, 0.2) is 0 Å². The number of hydroxylamine groups is 1. The smallest absolute Gasteiger partial charge is 0.410 e. The van der Waals surface area contributed by atoms with Crippen molar-refractivity contribution in [2.24, 2.45) is 0 Å². The van der Waals surface area contributed by atoms with Gasteiger partial charge in [0, 0.05) is 49.9 Å². The molecule has 31 heavy (non-hydrogen) atoms. The molecule has 2 N–H and O–H groups in total. The second kappa shape index (κ2) is 10.3. The SMILES string of the molecule is CC(C)OC(=O)N1CCC(ONC2=CCN(c3cc(F)c(C(C)O)cc3F)CC2)CC1. The Labute approximate surface area is 181 Å². The lowest BCUT2D eigenvalue weighted by Gasteiger charge is -2.33. The van der Waals surface area contributed by atoms with E-state index >= 15 is 0 Å². The summed E-state index contributed by atoms with van der Waals surface area (Å²) in [6.07, 6.45) is 2.40. The number of carbonyl (C=O) groups is 1. The fraction of sp³-hybridized carbons (Fsp3) is 0.591. The summed E-state index contributed by atoms with van der Waals surface area (Å²) >= 11 is 0. The van der Waals surface area contributed by atoms with Crippen molar-refractivity contribution in [1.82, 2.24) is 10.4 Å². The molecule has 0 spiro atoms. The van der Waals surface area contributed by atoms with Crippen LogP contribution in [0.3, 0.4) is 0 Å². The molecule has 2 aliphatic heterocycles. The van der Waals surface area contributed by atoms with Crippen molar-refractivity contribution < 1.29 is 28.3 Å². The quantitative estimate of drug-likeness (QED) is 0.660. The van der Waals surface area contributed by atoms with Gasteiger partial charge in [0.1, 0.15) is 11.6 Å². The van der Waals surface area contributed by atoms with Crippen molar-refractivity contribution in [3.63, 3.8) is 0 Å². The van der Waals surface area contributed by atoms with Crippen LogP contribution < -0.4 is 10.4 Å². The molecule has 1 saturated heterocycles. The van der Waals surface area contributed by atoms with E-state index < -0.39 is 17.7 Å². The van der Waals surface area contributed by atoms with Gasteiger partial charge in [-0.05, 0) is 45.8 Å². The number of carbonyl (C=O) groups excluding carboxylic acids is 1. The Morgan fingerprint density at radius 2 is 1.87 bits per heavy atom. The Kier molecular flexibility index (Phi) is 7.72. The maximum atomic E-state index is 14.4. The van der Waals surface area contributed by atoms with E-state index in [1.54, 1.807) is 9.80 Å². The first-order valence-corrected chi connectivity index (χ1v) is 10.7. The number of aliphatic hydroxyl groups is 1. The molecule has 1 amide bonds. The predicted octanol–water partition coefficient (Wildman–Crippen LogP) is 3.64. The molecule has 0 aromatic heterocycles. The minimum Gasteiger partial charge on any atom is -0.447 e. The van der Waals surface area contributed by atoms with Crippen LogP contribution in [0.1, 0.15) is 51.7 Å². The third-order valence-corrected chi connectivity index (χ3v) is 5.46. The van der Waals surface area contributed by atoms with E-state index in [-0.39, 0.29) is 29.6 Å². The molecule has 7 nitrogen and oxygen atoms in total. The number of benzene rings is 1. The number of hydrogen-bond acceptors (Lipinski definition) is 6. The summed E-state index contributed by atoms with van der Waals surface area (Å²) < 4.78 is 33.8. The van der Waals surface area contributed by atoms with E-state index in [0.717, 1.165) is 17.8 Å². The zero-order valence-electron chi connectivity index (χ0n) is 18.2. The Bertz CT molecular complexity index is 808. The molecule has 1 unspecified atom stereocenters. The number of likely N-dealkylation sites (tertiary alicyclic amines) is 1. The minimum atomic E-state index is -1.06. The van der Waals surface area contributed by atoms with Gasteiger partial charge in [-0.2, -0.15) is 0 Å². The van der Waals surface area contributed by atoms with Gasteiger partial charge in [-0.1, -0.05) is 0 Å². The molecule has 1 aromatic carbocycles. The summed E-state index contributed by atoms with van der Waals surface area (Å²) in [7, 11) is 0. The van der Waals surface area contributed by atoms with Gasteiger partial charge in [-0.25, -0.2) is 13.6 Å². The first kappa shape index (κ1) is 23.3. The highest BCUT2D eigenvalue weighted by Gasteiger charge is 2.26. The topological polar surface area (TPSA) is 74.3 Å². The van der Waals surface area contributed by atoms with Crippen LogP contribution in [0.5, 0.6) is 0 Å². The van der Waals surface area contributed by atoms with Gasteiger partial charge in [0.2, 0.25) is 0 Å². The van der Waals surface area contributed by atoms with Crippen LogP contribution in [0.4, 0.5) is 19.3 Å². The highest BCUT2D eigenvalue weighted by molar-refractivity contribution is 5.67. The molecule has 9 heteroatoms. The second-order valence-corrected chi connectivity index (χ2v) is 8.27. The van der Waals surface area contributed by atoms with Gasteiger partial charge >= 0.3 is 6.09 Å². The fourth-order valence-corrected chi connectivity index (χ4v) is 3.69. The largest absolute Gasteiger partial charge is 0.447 e. The van der Waals surface area contributed by atoms with Gasteiger partial charge in [0.25, 0.3) is 0 Å². The van der Waals surface area contributed by atoms with Crippen molar-refractivity contribution in [3.05, 3.63) is 41.1 Å². The molecular formula is C22H31F2N3O4. The van der Waals surface area contributed by atoms with E-state index in [0.29, 0.717) is 45.4 Å². The van der Waals surface area contributed by atoms with Crippen LogP contribution in [0.2, 0.25) is 0 Å². The average Bonchev–Trinajstić information content (AvgIpc) is 2.73. The molecule has 1 aromatic rings. The second-order valence-electron chi connectivity index (χ2n) is 8.27. The molecule has 0 bridgehead atoms. The zero-order chi connectivity index (χ0) is 22.5. The summed E-state index contributed by atoms with van der Waals surface area (Å²) in [5.41, 5.74) is 4.01. The number of hydrogen-bond donors (Lipinski definition) is 2. The van der Waals surface area contributed by atoms with Crippen LogP contribution in [0.25, 0.3) is 0 Å². The molecule has 2 heterocycles. The number of rotatable bonds is 6. The van der Waals surface area contributed by atoms with Crippen molar-refractivity contribution in [3.8, 4) is 0 Å². The molecule has 2 aliphatic rings. The number of amides is 1. The molecule has 172 valence electrons. The number of nitrogens with one attached hydrogen (secondary N) is 1. The number of nitrogens with zero attached hydrogens (tertiary/aromatic N) is 2. The van der Waals surface area contributed by atoms with E-state index in [4.69, 9.17) is 9.57 Å². The van der Waals surface area contributed by atoms with Crippen LogP contribution >= 0.6 is 0 Å². The Morgan fingerprint density at radius 3 is 2.45 bits per heavy atom. The van der Waals surface area contributed by atoms with Crippen molar-refractivity contribution in [2.45, 2.75) is 58.3 Å². The van der Waals surface area contributed by atoms with Crippen LogP contribution in [-0.2, 0) is 9.57 Å². The third-order valence-electron chi connectivity index (χ3n) is 5.46. The van der Waals surface area contributed by atoms with Crippen molar-refractivity contribution in [2.75, 3.05) is 31.1 Å². The molecule has 1 atom stereocenters. The number of ether oxygens (including phenoxy) is 1. The maximum absolute atomic E-state index is 14.4. The fourth-order valence-electron chi connectivity index (χ4n) is 3.69. The van der Waals surface area contributed by atoms with E-state index in [9.17, 15) is 18.7 Å².